The van der Waals surface area contributed by atoms with E-state index in [2.05, 4.69) is 0 Å². The van der Waals surface area contributed by atoms with Crippen molar-refractivity contribution in [1.82, 2.24) is 28.8 Å². The molecule has 1 N–H and O–H groups in total. The molecular formula is C28H37FN8O3S2. The molecule has 4 aromatic rings. The van der Waals surface area contributed by atoms with Crippen molar-refractivity contribution >= 4 is 43.8 Å². The molecule has 1 aliphatic heterocycles. The fraction of sp³-hybridized carbons (Fsp3) is 0.464. The Hall–Kier alpha value is -3.17. The normalized spacial score (nSPS) is 16.5. The van der Waals surface area contributed by atoms with Gasteiger partial charge in [-0.15, -0.1) is 16.4 Å². The van der Waals surface area contributed by atoms with E-state index < -0.39 is 16.1 Å². The molecule has 1 aliphatic rings. The summed E-state index contributed by atoms with van der Waals surface area (Å²) in [5, 5.41) is 17.8. The van der Waals surface area contributed by atoms with Crippen LogP contribution in [-0.2, 0) is 16.4 Å². The first-order chi connectivity index (χ1) is 20.1. The van der Waals surface area contributed by atoms with E-state index in [4.69, 9.17) is 15.1 Å². The van der Waals surface area contributed by atoms with Gasteiger partial charge in [-0.05, 0) is 69.9 Å². The van der Waals surface area contributed by atoms with Gasteiger partial charge >= 0.3 is 0 Å². The van der Waals surface area contributed by atoms with E-state index in [1.165, 1.54) is 27.8 Å². The number of aryl methyl sites for hydroxylation is 1. The largest absolute Gasteiger partial charge is 0.395 e. The summed E-state index contributed by atoms with van der Waals surface area (Å²) < 4.78 is 42.8. The van der Waals surface area contributed by atoms with Gasteiger partial charge in [-0.2, -0.15) is 8.82 Å². The van der Waals surface area contributed by atoms with Crippen LogP contribution in [0.5, 0.6) is 0 Å². The van der Waals surface area contributed by atoms with Gasteiger partial charge < -0.3 is 19.8 Å². The number of piperazine rings is 1. The monoisotopic (exact) mass is 616 g/mol. The molecule has 11 nitrogen and oxygen atoms in total. The van der Waals surface area contributed by atoms with Crippen molar-refractivity contribution in [2.24, 2.45) is 0 Å². The van der Waals surface area contributed by atoms with Gasteiger partial charge in [0.05, 0.1) is 29.8 Å². The minimum Gasteiger partial charge on any atom is -0.395 e. The second-order valence-electron chi connectivity index (χ2n) is 10.6. The first-order valence-electron chi connectivity index (χ1n) is 13.9. The lowest BCUT2D eigenvalue weighted by atomic mass is 10.2. The van der Waals surface area contributed by atoms with Crippen molar-refractivity contribution in [2.75, 3.05) is 69.5 Å². The fourth-order valence-corrected chi connectivity index (χ4v) is 7.68. The summed E-state index contributed by atoms with van der Waals surface area (Å²) in [6.45, 7) is 3.51. The third-order valence-electron chi connectivity index (χ3n) is 7.41. The van der Waals surface area contributed by atoms with Crippen LogP contribution < -0.4 is 9.80 Å². The summed E-state index contributed by atoms with van der Waals surface area (Å²) in [7, 11) is 2.26. The van der Waals surface area contributed by atoms with E-state index in [0.29, 0.717) is 43.9 Å². The van der Waals surface area contributed by atoms with E-state index in [1.807, 2.05) is 60.3 Å². The van der Waals surface area contributed by atoms with Crippen LogP contribution in [0.25, 0.3) is 16.9 Å². The topological polar surface area (TPSA) is 110 Å². The number of aromatic nitrogens is 4. The second kappa shape index (κ2) is 12.6. The van der Waals surface area contributed by atoms with Crippen molar-refractivity contribution in [3.05, 3.63) is 53.3 Å². The molecular weight excluding hydrogens is 579 g/mol. The molecule has 5 rings (SSSR count). The summed E-state index contributed by atoms with van der Waals surface area (Å²) in [6.07, 6.45) is 1.22. The number of rotatable bonds is 11. The number of nitrogens with zero attached hydrogens (tertiary/aromatic N) is 8. The van der Waals surface area contributed by atoms with Crippen LogP contribution in [0.4, 0.5) is 21.2 Å². The van der Waals surface area contributed by atoms with Gasteiger partial charge in [-0.25, -0.2) is 22.8 Å². The van der Waals surface area contributed by atoms with Gasteiger partial charge in [0.1, 0.15) is 11.6 Å². The molecule has 0 amide bonds. The number of aliphatic hydroxyl groups is 1. The molecule has 226 valence electrons. The molecule has 4 heterocycles. The van der Waals surface area contributed by atoms with Crippen LogP contribution in [0.1, 0.15) is 19.0 Å². The summed E-state index contributed by atoms with van der Waals surface area (Å²) in [5.74, 6) is 1.22. The second-order valence-corrected chi connectivity index (χ2v) is 13.5. The van der Waals surface area contributed by atoms with Crippen LogP contribution in [0.15, 0.2) is 41.8 Å². The molecule has 3 aromatic heterocycles. The molecule has 0 saturated carbocycles. The van der Waals surface area contributed by atoms with Crippen LogP contribution in [0.3, 0.4) is 0 Å². The Morgan fingerprint density at radius 1 is 1.10 bits per heavy atom. The SMILES string of the molecule is CCc1nc2ccc(N3CCN(S(=O)(=O)CCCN(C)C)C(CO)C3)nn2c1N(C)c1nc(-c2ccc(F)cc2)cs1. The van der Waals surface area contributed by atoms with Crippen LogP contribution in [0.2, 0.25) is 0 Å². The number of aliphatic hydroxyl groups excluding tert-OH is 1. The van der Waals surface area contributed by atoms with Gasteiger partial charge in [0, 0.05) is 37.6 Å². The number of anilines is 3. The molecule has 1 atom stereocenters. The Kier molecular flexibility index (Phi) is 9.08. The molecule has 0 radical (unpaired) electrons. The quantitative estimate of drug-likeness (QED) is 0.272. The first kappa shape index (κ1) is 30.3. The minimum absolute atomic E-state index is 0.0516. The zero-order valence-electron chi connectivity index (χ0n) is 24.3. The van der Waals surface area contributed by atoms with Crippen LogP contribution in [0, 0.1) is 5.82 Å². The van der Waals surface area contributed by atoms with Crippen LogP contribution in [-0.4, -0.2) is 108 Å². The number of imidazole rings is 1. The molecule has 1 saturated heterocycles. The Labute approximate surface area is 249 Å². The Balaban J connectivity index is 1.39. The maximum absolute atomic E-state index is 13.4. The van der Waals surface area contributed by atoms with Crippen molar-refractivity contribution < 1.29 is 17.9 Å². The zero-order valence-corrected chi connectivity index (χ0v) is 25.9. The average molecular weight is 617 g/mol. The smallest absolute Gasteiger partial charge is 0.214 e. The van der Waals surface area contributed by atoms with Gasteiger partial charge in [-0.1, -0.05) is 6.92 Å². The molecule has 0 bridgehead atoms. The summed E-state index contributed by atoms with van der Waals surface area (Å²) in [5.41, 5.74) is 3.14. The highest BCUT2D eigenvalue weighted by Crippen LogP contribution is 2.34. The molecule has 0 spiro atoms. The lowest BCUT2D eigenvalue weighted by Gasteiger charge is -2.40. The third kappa shape index (κ3) is 6.27. The Morgan fingerprint density at radius 3 is 2.55 bits per heavy atom. The minimum atomic E-state index is -3.50. The molecule has 42 heavy (non-hydrogen) atoms. The van der Waals surface area contributed by atoms with Gasteiger partial charge in [0.2, 0.25) is 10.0 Å². The predicted molar refractivity (Wildman–Crippen MR) is 165 cm³/mol. The van der Waals surface area contributed by atoms with Crippen LogP contribution >= 0.6 is 11.3 Å². The number of thiazole rings is 1. The lowest BCUT2D eigenvalue weighted by molar-refractivity contribution is 0.175. The highest BCUT2D eigenvalue weighted by atomic mass is 32.2. The predicted octanol–water partition coefficient (Wildman–Crippen LogP) is 3.09. The Morgan fingerprint density at radius 2 is 1.86 bits per heavy atom. The van der Waals surface area contributed by atoms with Gasteiger partial charge in [0.25, 0.3) is 0 Å². The highest BCUT2D eigenvalue weighted by Gasteiger charge is 2.35. The van der Waals surface area contributed by atoms with E-state index >= 15 is 0 Å². The summed E-state index contributed by atoms with van der Waals surface area (Å²) in [6, 6.07) is 9.50. The van der Waals surface area contributed by atoms with E-state index in [0.717, 1.165) is 27.9 Å². The highest BCUT2D eigenvalue weighted by molar-refractivity contribution is 7.89. The van der Waals surface area contributed by atoms with E-state index in [-0.39, 0.29) is 24.7 Å². The Bertz CT molecular complexity index is 1620. The number of halogens is 1. The number of hydrogen-bond donors (Lipinski definition) is 1. The zero-order chi connectivity index (χ0) is 30.0. The van der Waals surface area contributed by atoms with Gasteiger partial charge in [0.15, 0.2) is 16.6 Å². The maximum atomic E-state index is 13.4. The molecule has 1 unspecified atom stereocenters. The summed E-state index contributed by atoms with van der Waals surface area (Å²) >= 11 is 1.48. The molecule has 0 aliphatic carbocycles. The molecule has 1 aromatic carbocycles. The lowest BCUT2D eigenvalue weighted by Crippen LogP contribution is -2.57. The first-order valence-corrected chi connectivity index (χ1v) is 16.4. The molecule has 14 heteroatoms. The number of fused-ring (bicyclic) bond motifs is 1. The standard InChI is InChI=1S/C28H37FN8O3S2/c1-5-23-27(34(4)28-31-24(19-41-28)20-7-9-21(29)10-8-20)37-25(30-23)11-12-26(32-37)35-14-15-36(22(17-35)18-38)42(39,40)16-6-13-33(2)3/h7-12,19,22,38H,5-6,13-18H2,1-4H3. The van der Waals surface area contributed by atoms with Crippen molar-refractivity contribution in [2.45, 2.75) is 25.8 Å². The fourth-order valence-electron chi connectivity index (χ4n) is 5.20. The summed E-state index contributed by atoms with van der Waals surface area (Å²) in [4.78, 5) is 15.5. The number of sulfonamides is 1. The van der Waals surface area contributed by atoms with Crippen molar-refractivity contribution in [1.29, 1.82) is 0 Å². The molecule has 1 fully saturated rings. The van der Waals surface area contributed by atoms with E-state index in [9.17, 15) is 17.9 Å². The number of hydrogen-bond acceptors (Lipinski definition) is 10. The third-order valence-corrected chi connectivity index (χ3v) is 10.3. The average Bonchev–Trinajstić information content (AvgIpc) is 3.61. The maximum Gasteiger partial charge on any atom is 0.214 e. The van der Waals surface area contributed by atoms with E-state index in [1.54, 1.807) is 16.6 Å². The van der Waals surface area contributed by atoms with Crippen molar-refractivity contribution in [3.63, 3.8) is 0 Å². The van der Waals surface area contributed by atoms with Gasteiger partial charge in [-0.3, -0.25) is 0 Å². The number of benzene rings is 1. The van der Waals surface area contributed by atoms with Crippen molar-refractivity contribution in [3.8, 4) is 11.3 Å².